The normalized spacial score (nSPS) is 20.1. The molecular formula is C12H15NO. The van der Waals surface area contributed by atoms with Gasteiger partial charge in [-0.25, -0.2) is 0 Å². The lowest BCUT2D eigenvalue weighted by molar-refractivity contribution is 0.0935. The first-order chi connectivity index (χ1) is 6.95. The summed E-state index contributed by atoms with van der Waals surface area (Å²) in [5.41, 5.74) is 1.24. The number of aliphatic imine (C=N–C) groups is 1. The molecule has 2 rings (SSSR count). The highest BCUT2D eigenvalue weighted by molar-refractivity contribution is 5.59. The summed E-state index contributed by atoms with van der Waals surface area (Å²) < 4.78 is 5.62. The SMILES string of the molecule is C1=NCC(COCc2ccccc2)C1. The molecule has 2 heteroatoms. The van der Waals surface area contributed by atoms with Crippen molar-refractivity contribution in [3.05, 3.63) is 35.9 Å². The molecule has 1 heterocycles. The van der Waals surface area contributed by atoms with Crippen LogP contribution in [-0.2, 0) is 11.3 Å². The summed E-state index contributed by atoms with van der Waals surface area (Å²) in [5, 5.41) is 0. The van der Waals surface area contributed by atoms with E-state index >= 15 is 0 Å². The molecule has 14 heavy (non-hydrogen) atoms. The molecule has 1 aliphatic rings. The van der Waals surface area contributed by atoms with Crippen molar-refractivity contribution in [1.82, 2.24) is 0 Å². The predicted octanol–water partition coefficient (Wildman–Crippen LogP) is 2.29. The van der Waals surface area contributed by atoms with Gasteiger partial charge in [-0.05, 0) is 18.2 Å². The maximum Gasteiger partial charge on any atom is 0.0717 e. The Labute approximate surface area is 84.6 Å². The van der Waals surface area contributed by atoms with Crippen LogP contribution in [0.15, 0.2) is 35.3 Å². The van der Waals surface area contributed by atoms with Gasteiger partial charge in [-0.3, -0.25) is 4.99 Å². The van der Waals surface area contributed by atoms with Gasteiger partial charge in [0.15, 0.2) is 0 Å². The Morgan fingerprint density at radius 1 is 1.29 bits per heavy atom. The molecular weight excluding hydrogens is 174 g/mol. The number of benzene rings is 1. The van der Waals surface area contributed by atoms with E-state index in [0.29, 0.717) is 5.92 Å². The van der Waals surface area contributed by atoms with Crippen molar-refractivity contribution < 1.29 is 4.74 Å². The molecule has 0 N–H and O–H groups in total. The van der Waals surface area contributed by atoms with Gasteiger partial charge in [0.1, 0.15) is 0 Å². The van der Waals surface area contributed by atoms with Gasteiger partial charge in [0.05, 0.1) is 13.2 Å². The zero-order valence-corrected chi connectivity index (χ0v) is 8.23. The molecule has 1 aromatic carbocycles. The van der Waals surface area contributed by atoms with Crippen molar-refractivity contribution >= 4 is 6.21 Å². The molecule has 0 saturated heterocycles. The Kier molecular flexibility index (Phi) is 3.30. The molecule has 1 atom stereocenters. The standard InChI is InChI=1S/C12H15NO/c1-2-4-11(5-3-1)9-14-10-12-6-7-13-8-12/h1-5,7,12H,6,8-10H2. The molecule has 0 saturated carbocycles. The fraction of sp³-hybridized carbons (Fsp3) is 0.417. The van der Waals surface area contributed by atoms with Gasteiger partial charge >= 0.3 is 0 Å². The lowest BCUT2D eigenvalue weighted by Gasteiger charge is -2.08. The van der Waals surface area contributed by atoms with E-state index < -0.39 is 0 Å². The minimum Gasteiger partial charge on any atom is -0.376 e. The highest BCUT2D eigenvalue weighted by Crippen LogP contribution is 2.10. The molecule has 0 spiro atoms. The van der Waals surface area contributed by atoms with Gasteiger partial charge < -0.3 is 4.74 Å². The van der Waals surface area contributed by atoms with Crippen LogP contribution in [0.5, 0.6) is 0 Å². The van der Waals surface area contributed by atoms with Gasteiger partial charge in [-0.1, -0.05) is 30.3 Å². The lowest BCUT2D eigenvalue weighted by atomic mass is 10.1. The molecule has 0 fully saturated rings. The highest BCUT2D eigenvalue weighted by atomic mass is 16.5. The average molecular weight is 189 g/mol. The zero-order valence-electron chi connectivity index (χ0n) is 8.23. The van der Waals surface area contributed by atoms with E-state index in [-0.39, 0.29) is 0 Å². The number of hydrogen-bond donors (Lipinski definition) is 0. The first-order valence-corrected chi connectivity index (χ1v) is 5.05. The summed E-state index contributed by atoms with van der Waals surface area (Å²) in [6.45, 7) is 2.49. The van der Waals surface area contributed by atoms with E-state index in [9.17, 15) is 0 Å². The Balaban J connectivity index is 1.68. The first-order valence-electron chi connectivity index (χ1n) is 5.05. The molecule has 2 nitrogen and oxygen atoms in total. The fourth-order valence-corrected chi connectivity index (χ4v) is 1.56. The predicted molar refractivity (Wildman–Crippen MR) is 57.6 cm³/mol. The highest BCUT2D eigenvalue weighted by Gasteiger charge is 2.10. The van der Waals surface area contributed by atoms with Crippen molar-refractivity contribution in [2.45, 2.75) is 13.0 Å². The average Bonchev–Trinajstić information content (AvgIpc) is 2.72. The lowest BCUT2D eigenvalue weighted by Crippen LogP contribution is -2.09. The molecule has 0 aromatic heterocycles. The minimum absolute atomic E-state index is 0.610. The summed E-state index contributed by atoms with van der Waals surface area (Å²) >= 11 is 0. The summed E-state index contributed by atoms with van der Waals surface area (Å²) in [6.07, 6.45) is 3.07. The zero-order chi connectivity index (χ0) is 9.64. The number of ether oxygens (including phenoxy) is 1. The van der Waals surface area contributed by atoms with E-state index in [1.165, 1.54) is 5.56 Å². The molecule has 0 amide bonds. The summed E-state index contributed by atoms with van der Waals surface area (Å²) in [4.78, 5) is 4.19. The number of hydrogen-bond acceptors (Lipinski definition) is 2. The molecule has 1 aromatic rings. The van der Waals surface area contributed by atoms with E-state index in [1.807, 2.05) is 24.4 Å². The van der Waals surface area contributed by atoms with Crippen LogP contribution in [0.25, 0.3) is 0 Å². The van der Waals surface area contributed by atoms with Crippen molar-refractivity contribution in [3.63, 3.8) is 0 Å². The van der Waals surface area contributed by atoms with Crippen LogP contribution in [-0.4, -0.2) is 19.4 Å². The Bertz CT molecular complexity index is 286. The minimum atomic E-state index is 0.610. The van der Waals surface area contributed by atoms with Crippen LogP contribution in [0.2, 0.25) is 0 Å². The third kappa shape index (κ3) is 2.67. The smallest absolute Gasteiger partial charge is 0.0717 e. The van der Waals surface area contributed by atoms with Crippen LogP contribution in [0.1, 0.15) is 12.0 Å². The second kappa shape index (κ2) is 4.91. The number of nitrogens with zero attached hydrogens (tertiary/aromatic N) is 1. The molecule has 74 valence electrons. The molecule has 0 radical (unpaired) electrons. The second-order valence-corrected chi connectivity index (χ2v) is 3.65. The van der Waals surface area contributed by atoms with E-state index in [0.717, 1.165) is 26.2 Å². The topological polar surface area (TPSA) is 21.6 Å². The van der Waals surface area contributed by atoms with Crippen molar-refractivity contribution in [1.29, 1.82) is 0 Å². The van der Waals surface area contributed by atoms with Crippen molar-refractivity contribution in [2.75, 3.05) is 13.2 Å². The Morgan fingerprint density at radius 2 is 2.14 bits per heavy atom. The van der Waals surface area contributed by atoms with E-state index in [4.69, 9.17) is 4.74 Å². The van der Waals surface area contributed by atoms with E-state index in [1.54, 1.807) is 0 Å². The molecule has 0 bridgehead atoms. The van der Waals surface area contributed by atoms with Crippen molar-refractivity contribution in [2.24, 2.45) is 10.9 Å². The quantitative estimate of drug-likeness (QED) is 0.712. The largest absolute Gasteiger partial charge is 0.376 e. The Morgan fingerprint density at radius 3 is 2.86 bits per heavy atom. The van der Waals surface area contributed by atoms with Gasteiger partial charge in [0.2, 0.25) is 0 Å². The van der Waals surface area contributed by atoms with Gasteiger partial charge in [0, 0.05) is 12.5 Å². The summed E-state index contributed by atoms with van der Waals surface area (Å²) in [5.74, 6) is 0.610. The second-order valence-electron chi connectivity index (χ2n) is 3.65. The van der Waals surface area contributed by atoms with Crippen LogP contribution in [0.3, 0.4) is 0 Å². The summed E-state index contributed by atoms with van der Waals surface area (Å²) in [7, 11) is 0. The number of rotatable bonds is 4. The molecule has 0 aliphatic carbocycles. The van der Waals surface area contributed by atoms with Gasteiger partial charge in [-0.2, -0.15) is 0 Å². The van der Waals surface area contributed by atoms with Gasteiger partial charge in [-0.15, -0.1) is 0 Å². The maximum absolute atomic E-state index is 5.62. The van der Waals surface area contributed by atoms with Crippen LogP contribution >= 0.6 is 0 Å². The Hall–Kier alpha value is -1.15. The fourth-order valence-electron chi connectivity index (χ4n) is 1.56. The monoisotopic (exact) mass is 189 g/mol. The summed E-state index contributed by atoms with van der Waals surface area (Å²) in [6, 6.07) is 10.3. The van der Waals surface area contributed by atoms with Crippen LogP contribution in [0.4, 0.5) is 0 Å². The third-order valence-electron chi connectivity index (χ3n) is 2.40. The molecule has 1 aliphatic heterocycles. The first kappa shape index (κ1) is 9.41. The maximum atomic E-state index is 5.62. The van der Waals surface area contributed by atoms with Crippen LogP contribution < -0.4 is 0 Å². The van der Waals surface area contributed by atoms with Crippen LogP contribution in [0, 0.1) is 5.92 Å². The molecule has 1 unspecified atom stereocenters. The third-order valence-corrected chi connectivity index (χ3v) is 2.40. The van der Waals surface area contributed by atoms with Gasteiger partial charge in [0.25, 0.3) is 0 Å². The van der Waals surface area contributed by atoms with Crippen molar-refractivity contribution in [3.8, 4) is 0 Å². The van der Waals surface area contributed by atoms with E-state index in [2.05, 4.69) is 17.1 Å².